The van der Waals surface area contributed by atoms with Crippen LogP contribution in [-0.2, 0) is 12.4 Å². The van der Waals surface area contributed by atoms with Crippen molar-refractivity contribution in [2.75, 3.05) is 34.4 Å². The molecule has 1 N–H and O–H groups in total. The van der Waals surface area contributed by atoms with E-state index in [4.69, 9.17) is 13.9 Å². The van der Waals surface area contributed by atoms with Crippen LogP contribution in [-0.4, -0.2) is 50.5 Å². The molecule has 2 heterocycles. The summed E-state index contributed by atoms with van der Waals surface area (Å²) in [6.45, 7) is 0.337. The largest absolute Gasteiger partial charge is 0.496 e. The number of rotatable bonds is 5. The topological polar surface area (TPSA) is 72.1 Å². The van der Waals surface area contributed by atoms with Gasteiger partial charge in [-0.3, -0.25) is 4.79 Å². The summed E-state index contributed by atoms with van der Waals surface area (Å²) in [4.78, 5) is 15.1. The quantitative estimate of drug-likeness (QED) is 0.451. The van der Waals surface area contributed by atoms with Gasteiger partial charge < -0.3 is 23.9 Å². The average molecular weight is 531 g/mol. The molecule has 0 aliphatic carbocycles. The zero-order valence-corrected chi connectivity index (χ0v) is 20.0. The van der Waals surface area contributed by atoms with E-state index in [0.29, 0.717) is 30.7 Å². The summed E-state index contributed by atoms with van der Waals surface area (Å²) in [5.74, 6) is -0.604. The van der Waals surface area contributed by atoms with Gasteiger partial charge in [-0.05, 0) is 38.2 Å². The summed E-state index contributed by atoms with van der Waals surface area (Å²) in [7, 11) is 4.45. The Bertz CT molecular complexity index is 1350. The Morgan fingerprint density at radius 2 is 1.57 bits per heavy atom. The molecule has 0 spiro atoms. The zero-order chi connectivity index (χ0) is 27.3. The SMILES string of the molecule is COc1cc(OC)c2c(=O)cc(-c3cc(C(F)(F)F)cc(C(F)(F)F)c3)oc2c1C1CCN(C)[C@@H]1CO. The van der Waals surface area contributed by atoms with Crippen LogP contribution in [0.25, 0.3) is 22.3 Å². The van der Waals surface area contributed by atoms with Crippen molar-refractivity contribution in [1.82, 2.24) is 4.90 Å². The fraction of sp³-hybridized carbons (Fsp3) is 0.400. The lowest BCUT2D eigenvalue weighted by Crippen LogP contribution is -2.32. The van der Waals surface area contributed by atoms with Crippen LogP contribution in [0.2, 0.25) is 0 Å². The Kier molecular flexibility index (Phi) is 6.93. The third-order valence-corrected chi connectivity index (χ3v) is 6.66. The van der Waals surface area contributed by atoms with Crippen LogP contribution in [0.4, 0.5) is 26.3 Å². The highest BCUT2D eigenvalue weighted by Gasteiger charge is 2.39. The van der Waals surface area contributed by atoms with E-state index in [-0.39, 0.29) is 35.1 Å². The van der Waals surface area contributed by atoms with Gasteiger partial charge in [-0.25, -0.2) is 0 Å². The maximum Gasteiger partial charge on any atom is 0.416 e. The molecule has 0 saturated carbocycles. The zero-order valence-electron chi connectivity index (χ0n) is 20.0. The first-order chi connectivity index (χ1) is 17.3. The molecule has 1 aromatic heterocycles. The van der Waals surface area contributed by atoms with Gasteiger partial charge >= 0.3 is 12.4 Å². The van der Waals surface area contributed by atoms with E-state index >= 15 is 0 Å². The highest BCUT2D eigenvalue weighted by molar-refractivity contribution is 5.90. The van der Waals surface area contributed by atoms with Crippen molar-refractivity contribution in [3.8, 4) is 22.8 Å². The number of nitrogens with zero attached hydrogens (tertiary/aromatic N) is 1. The molecule has 2 aromatic carbocycles. The van der Waals surface area contributed by atoms with E-state index in [1.807, 2.05) is 4.90 Å². The summed E-state index contributed by atoms with van der Waals surface area (Å²) < 4.78 is 97.4. The first-order valence-electron chi connectivity index (χ1n) is 11.1. The number of hydrogen-bond acceptors (Lipinski definition) is 6. The second-order valence-corrected chi connectivity index (χ2v) is 8.79. The third-order valence-electron chi connectivity index (χ3n) is 6.66. The first-order valence-corrected chi connectivity index (χ1v) is 11.1. The first kappa shape index (κ1) is 26.8. The molecule has 3 aromatic rings. The number of fused-ring (bicyclic) bond motifs is 1. The fourth-order valence-electron chi connectivity index (χ4n) is 4.83. The standard InChI is InChI=1S/C25H23F6NO5/c1-32-5-4-15(16(32)11-33)21-19(35-2)10-20(36-3)22-17(34)9-18(37-23(21)22)12-6-13(24(26,27)28)8-14(7-12)25(29,30)31/h6-10,15-16,33H,4-5,11H2,1-3H3/t15?,16-/m1/s1. The lowest BCUT2D eigenvalue weighted by Gasteiger charge is -2.25. The number of hydrogen-bond donors (Lipinski definition) is 1. The Morgan fingerprint density at radius 1 is 0.973 bits per heavy atom. The summed E-state index contributed by atoms with van der Waals surface area (Å²) >= 11 is 0. The van der Waals surface area contributed by atoms with E-state index in [1.165, 1.54) is 20.3 Å². The predicted molar refractivity (Wildman–Crippen MR) is 122 cm³/mol. The molecule has 0 amide bonds. The number of alkyl halides is 6. The molecule has 1 saturated heterocycles. The highest BCUT2D eigenvalue weighted by atomic mass is 19.4. The van der Waals surface area contributed by atoms with Crippen LogP contribution in [0.3, 0.4) is 0 Å². The van der Waals surface area contributed by atoms with Crippen LogP contribution in [0.1, 0.15) is 29.0 Å². The Balaban J connectivity index is 2.07. The smallest absolute Gasteiger partial charge is 0.416 e. The molecular weight excluding hydrogens is 508 g/mol. The maximum atomic E-state index is 13.4. The van der Waals surface area contributed by atoms with E-state index in [0.717, 1.165) is 6.07 Å². The second kappa shape index (κ2) is 9.56. The van der Waals surface area contributed by atoms with Gasteiger partial charge in [0.2, 0.25) is 0 Å². The second-order valence-electron chi connectivity index (χ2n) is 8.79. The summed E-state index contributed by atoms with van der Waals surface area (Å²) in [6, 6.07) is 2.89. The van der Waals surface area contributed by atoms with Gasteiger partial charge in [0, 0.05) is 35.2 Å². The molecule has 1 aliphatic heterocycles. The number of aliphatic hydroxyl groups excluding tert-OH is 1. The van der Waals surface area contributed by atoms with Crippen molar-refractivity contribution >= 4 is 11.0 Å². The van der Waals surface area contributed by atoms with Crippen molar-refractivity contribution in [2.45, 2.75) is 30.7 Å². The highest BCUT2D eigenvalue weighted by Crippen LogP contribution is 2.45. The molecule has 1 unspecified atom stereocenters. The van der Waals surface area contributed by atoms with Crippen LogP contribution in [0.15, 0.2) is 39.5 Å². The molecule has 0 bridgehead atoms. The Hall–Kier alpha value is -3.25. The molecule has 4 rings (SSSR count). The number of ether oxygens (including phenoxy) is 2. The fourth-order valence-corrected chi connectivity index (χ4v) is 4.83. The lowest BCUT2D eigenvalue weighted by molar-refractivity contribution is -0.143. The Labute approximate surface area is 207 Å². The summed E-state index contributed by atoms with van der Waals surface area (Å²) in [5.41, 5.74) is -4.11. The van der Waals surface area contributed by atoms with Gasteiger partial charge in [-0.15, -0.1) is 0 Å². The van der Waals surface area contributed by atoms with Gasteiger partial charge in [0.25, 0.3) is 0 Å². The van der Waals surface area contributed by atoms with E-state index in [1.54, 1.807) is 7.05 Å². The van der Waals surface area contributed by atoms with Gasteiger partial charge in [-0.2, -0.15) is 26.3 Å². The van der Waals surface area contributed by atoms with Crippen LogP contribution >= 0.6 is 0 Å². The number of methoxy groups -OCH3 is 2. The molecule has 2 atom stereocenters. The van der Waals surface area contributed by atoms with Gasteiger partial charge in [0.1, 0.15) is 28.2 Å². The number of likely N-dealkylation sites (N-methyl/N-ethyl adjacent to an activating group) is 1. The molecular formula is C25H23F6NO5. The van der Waals surface area contributed by atoms with Crippen molar-refractivity contribution in [3.63, 3.8) is 0 Å². The summed E-state index contributed by atoms with van der Waals surface area (Å²) in [5, 5.41) is 9.95. The van der Waals surface area contributed by atoms with Gasteiger partial charge in [0.15, 0.2) is 5.43 Å². The van der Waals surface area contributed by atoms with Crippen LogP contribution in [0.5, 0.6) is 11.5 Å². The molecule has 6 nitrogen and oxygen atoms in total. The number of aliphatic hydroxyl groups is 1. The number of likely N-dealkylation sites (tertiary alicyclic amines) is 1. The minimum atomic E-state index is -5.08. The molecule has 37 heavy (non-hydrogen) atoms. The van der Waals surface area contributed by atoms with Crippen molar-refractivity contribution < 1.29 is 45.3 Å². The molecule has 0 radical (unpaired) electrons. The van der Waals surface area contributed by atoms with Gasteiger partial charge in [0.05, 0.1) is 32.0 Å². The molecule has 1 fully saturated rings. The van der Waals surface area contributed by atoms with Crippen molar-refractivity contribution in [2.24, 2.45) is 0 Å². The minimum Gasteiger partial charge on any atom is -0.496 e. The Morgan fingerprint density at radius 3 is 2.08 bits per heavy atom. The van der Waals surface area contributed by atoms with Crippen LogP contribution in [0, 0.1) is 0 Å². The number of benzene rings is 2. The van der Waals surface area contributed by atoms with E-state index in [9.17, 15) is 36.2 Å². The van der Waals surface area contributed by atoms with E-state index < -0.39 is 52.2 Å². The predicted octanol–water partition coefficient (Wildman–Crippen LogP) is 5.29. The molecule has 200 valence electrons. The third kappa shape index (κ3) is 4.87. The van der Waals surface area contributed by atoms with E-state index in [2.05, 4.69) is 0 Å². The average Bonchev–Trinajstić information content (AvgIpc) is 3.20. The van der Waals surface area contributed by atoms with Crippen LogP contribution < -0.4 is 14.9 Å². The van der Waals surface area contributed by atoms with Crippen molar-refractivity contribution in [3.05, 3.63) is 57.2 Å². The normalized spacial score (nSPS) is 19.0. The summed E-state index contributed by atoms with van der Waals surface area (Å²) in [6.07, 6.45) is -9.63. The molecule has 12 heteroatoms. The van der Waals surface area contributed by atoms with Crippen molar-refractivity contribution in [1.29, 1.82) is 0 Å². The lowest BCUT2D eigenvalue weighted by atomic mass is 9.89. The monoisotopic (exact) mass is 531 g/mol. The molecule has 1 aliphatic rings. The maximum absolute atomic E-state index is 13.4. The number of halogens is 6. The van der Waals surface area contributed by atoms with Gasteiger partial charge in [-0.1, -0.05) is 0 Å². The minimum absolute atomic E-state index is 0.000345.